The molecule has 2 nitrogen and oxygen atoms in total. The zero-order chi connectivity index (χ0) is 12.7. The summed E-state index contributed by atoms with van der Waals surface area (Å²) in [5.41, 5.74) is 3.63. The van der Waals surface area contributed by atoms with Crippen LogP contribution in [0.25, 0.3) is 10.9 Å². The number of aromatic nitrogens is 1. The highest BCUT2D eigenvalue weighted by atomic mass is 16.1. The third-order valence-corrected chi connectivity index (χ3v) is 5.93. The highest BCUT2D eigenvalue weighted by molar-refractivity contribution is 6.09. The van der Waals surface area contributed by atoms with Crippen molar-refractivity contribution in [2.24, 2.45) is 24.8 Å². The average molecular weight is 251 g/mol. The van der Waals surface area contributed by atoms with Crippen LogP contribution in [0, 0.1) is 17.8 Å². The number of para-hydroxylation sites is 1. The first-order valence-electron chi connectivity index (χ1n) is 7.39. The molecule has 0 spiro atoms. The van der Waals surface area contributed by atoms with Crippen molar-refractivity contribution in [2.75, 3.05) is 0 Å². The molecule has 3 aliphatic carbocycles. The molecule has 1 aromatic heterocycles. The van der Waals surface area contributed by atoms with Gasteiger partial charge in [0.15, 0.2) is 5.78 Å². The fourth-order valence-electron chi connectivity index (χ4n) is 5.30. The van der Waals surface area contributed by atoms with Crippen LogP contribution in [0.3, 0.4) is 0 Å². The van der Waals surface area contributed by atoms with Crippen LogP contribution >= 0.6 is 0 Å². The third-order valence-electron chi connectivity index (χ3n) is 5.93. The predicted octanol–water partition coefficient (Wildman–Crippen LogP) is 3.50. The Morgan fingerprint density at radius 2 is 1.84 bits per heavy atom. The van der Waals surface area contributed by atoms with E-state index in [-0.39, 0.29) is 0 Å². The normalized spacial score (nSPS) is 35.1. The molecule has 2 aromatic rings. The van der Waals surface area contributed by atoms with Gasteiger partial charge in [-0.15, -0.1) is 0 Å². The van der Waals surface area contributed by atoms with E-state index < -0.39 is 0 Å². The number of carbonyl (C=O) groups is 1. The number of nitrogens with zero attached hydrogens (tertiary/aromatic N) is 1. The van der Waals surface area contributed by atoms with E-state index in [0.717, 1.165) is 11.6 Å². The highest BCUT2D eigenvalue weighted by Gasteiger charge is 2.57. The number of carbonyl (C=O) groups excluding carboxylic acids is 1. The minimum absolute atomic E-state index is 0.319. The summed E-state index contributed by atoms with van der Waals surface area (Å²) in [6, 6.07) is 8.52. The van der Waals surface area contributed by atoms with E-state index in [1.165, 1.54) is 35.7 Å². The van der Waals surface area contributed by atoms with Gasteiger partial charge in [-0.25, -0.2) is 0 Å². The number of fused-ring (bicyclic) bond motifs is 9. The molecule has 0 aliphatic heterocycles. The summed E-state index contributed by atoms with van der Waals surface area (Å²) in [4.78, 5) is 12.8. The monoisotopic (exact) mass is 251 g/mol. The predicted molar refractivity (Wildman–Crippen MR) is 74.3 cm³/mol. The fraction of sp³-hybridized carbons (Fsp3) is 0.471. The quantitative estimate of drug-likeness (QED) is 0.702. The maximum absolute atomic E-state index is 12.8. The number of aryl methyl sites for hydroxylation is 1. The highest BCUT2D eigenvalue weighted by Crippen LogP contribution is 2.62. The molecule has 2 saturated carbocycles. The second-order valence-electron chi connectivity index (χ2n) is 6.59. The van der Waals surface area contributed by atoms with Crippen molar-refractivity contribution in [3.05, 3.63) is 35.5 Å². The van der Waals surface area contributed by atoms with Crippen LogP contribution in [0.1, 0.15) is 41.2 Å². The molecule has 3 aliphatic rings. The molecule has 0 N–H and O–H groups in total. The average Bonchev–Trinajstić information content (AvgIpc) is 3.13. The van der Waals surface area contributed by atoms with Gasteiger partial charge < -0.3 is 4.57 Å². The Labute approximate surface area is 112 Å². The molecule has 0 unspecified atom stereocenters. The lowest BCUT2D eigenvalue weighted by Crippen LogP contribution is -2.22. The molecule has 2 bridgehead atoms. The van der Waals surface area contributed by atoms with E-state index in [9.17, 15) is 4.79 Å². The van der Waals surface area contributed by atoms with Crippen LogP contribution in [0.2, 0.25) is 0 Å². The van der Waals surface area contributed by atoms with Crippen molar-refractivity contribution >= 4 is 16.7 Å². The number of hydrogen-bond donors (Lipinski definition) is 0. The van der Waals surface area contributed by atoms with Gasteiger partial charge in [-0.1, -0.05) is 18.2 Å². The lowest BCUT2D eigenvalue weighted by atomic mass is 9.79. The van der Waals surface area contributed by atoms with Gasteiger partial charge in [0.2, 0.25) is 0 Å². The van der Waals surface area contributed by atoms with Gasteiger partial charge in [-0.3, -0.25) is 4.79 Å². The molecule has 5 rings (SSSR count). The van der Waals surface area contributed by atoms with Crippen LogP contribution < -0.4 is 0 Å². The van der Waals surface area contributed by atoms with Crippen LogP contribution in [0.4, 0.5) is 0 Å². The maximum Gasteiger partial charge on any atom is 0.183 e. The van der Waals surface area contributed by atoms with Crippen molar-refractivity contribution in [3.63, 3.8) is 0 Å². The van der Waals surface area contributed by atoms with Gasteiger partial charge in [0.1, 0.15) is 0 Å². The van der Waals surface area contributed by atoms with E-state index in [1.807, 2.05) is 0 Å². The Bertz CT molecular complexity index is 726. The van der Waals surface area contributed by atoms with Crippen LogP contribution in [-0.4, -0.2) is 10.4 Å². The van der Waals surface area contributed by atoms with Gasteiger partial charge in [0.05, 0.1) is 5.69 Å². The zero-order valence-corrected chi connectivity index (χ0v) is 11.1. The molecule has 96 valence electrons. The molecular weight excluding hydrogens is 234 g/mol. The first kappa shape index (κ1) is 10.2. The molecule has 2 fully saturated rings. The number of ketones is 1. The lowest BCUT2D eigenvalue weighted by Gasteiger charge is -2.24. The van der Waals surface area contributed by atoms with Gasteiger partial charge in [-0.05, 0) is 48.6 Å². The minimum Gasteiger partial charge on any atom is -0.341 e. The largest absolute Gasteiger partial charge is 0.341 e. The van der Waals surface area contributed by atoms with E-state index in [2.05, 4.69) is 35.9 Å². The molecular formula is C17H17NO. The summed E-state index contributed by atoms with van der Waals surface area (Å²) in [5, 5.41) is 1.33. The summed E-state index contributed by atoms with van der Waals surface area (Å²) >= 11 is 0. The Hall–Kier alpha value is -1.57. The molecule has 2 heteroatoms. The number of rotatable bonds is 0. The van der Waals surface area contributed by atoms with Crippen molar-refractivity contribution in [2.45, 2.75) is 25.2 Å². The van der Waals surface area contributed by atoms with Gasteiger partial charge in [0, 0.05) is 23.9 Å². The van der Waals surface area contributed by atoms with Crippen molar-refractivity contribution in [1.82, 2.24) is 4.57 Å². The summed E-state index contributed by atoms with van der Waals surface area (Å²) in [7, 11) is 2.06. The number of benzene rings is 1. The maximum atomic E-state index is 12.8. The Kier molecular flexibility index (Phi) is 1.68. The molecule has 4 atom stereocenters. The zero-order valence-electron chi connectivity index (χ0n) is 11.1. The van der Waals surface area contributed by atoms with Crippen molar-refractivity contribution in [1.29, 1.82) is 0 Å². The Balaban J connectivity index is 1.87. The fourth-order valence-corrected chi connectivity index (χ4v) is 5.30. The summed E-state index contributed by atoms with van der Waals surface area (Å²) in [6.07, 6.45) is 3.91. The Morgan fingerprint density at radius 1 is 1.11 bits per heavy atom. The molecule has 0 saturated heterocycles. The molecule has 0 radical (unpaired) electrons. The van der Waals surface area contributed by atoms with Crippen LogP contribution in [0.15, 0.2) is 24.3 Å². The van der Waals surface area contributed by atoms with Crippen molar-refractivity contribution < 1.29 is 4.79 Å². The smallest absolute Gasteiger partial charge is 0.183 e. The van der Waals surface area contributed by atoms with Crippen LogP contribution in [-0.2, 0) is 7.05 Å². The van der Waals surface area contributed by atoms with Gasteiger partial charge in [-0.2, -0.15) is 0 Å². The second-order valence-corrected chi connectivity index (χ2v) is 6.59. The third kappa shape index (κ3) is 1.00. The van der Waals surface area contributed by atoms with E-state index in [1.54, 1.807) is 0 Å². The molecule has 19 heavy (non-hydrogen) atoms. The lowest BCUT2D eigenvalue weighted by molar-refractivity contribution is 0.0876. The van der Waals surface area contributed by atoms with E-state index in [0.29, 0.717) is 23.5 Å². The number of hydrogen-bond acceptors (Lipinski definition) is 1. The van der Waals surface area contributed by atoms with Crippen LogP contribution in [0.5, 0.6) is 0 Å². The molecule has 1 aromatic carbocycles. The first-order valence-corrected chi connectivity index (χ1v) is 7.39. The van der Waals surface area contributed by atoms with Crippen molar-refractivity contribution in [3.8, 4) is 0 Å². The Morgan fingerprint density at radius 3 is 2.68 bits per heavy atom. The molecule has 0 amide bonds. The second kappa shape index (κ2) is 3.12. The molecule has 1 heterocycles. The van der Waals surface area contributed by atoms with Gasteiger partial charge in [0.25, 0.3) is 0 Å². The SMILES string of the molecule is Cn1c2c(c3ccccc31)[C@H]1[C@@H]3CC[C@@H](C3)[C@H]1C2=O. The standard InChI is InChI=1S/C17H17NO/c1-18-12-5-3-2-4-11(12)15-13-9-6-7-10(8-9)14(13)17(19)16(15)18/h2-5,9-10,13-14H,6-8H2,1H3/t9-,10+,13+,14-/m1/s1. The minimum atomic E-state index is 0.319. The topological polar surface area (TPSA) is 22.0 Å². The number of Topliss-reactive ketones (excluding diaryl/α,β-unsaturated/α-hetero) is 1. The summed E-state index contributed by atoms with van der Waals surface area (Å²) in [6.45, 7) is 0. The first-order chi connectivity index (χ1) is 9.27. The van der Waals surface area contributed by atoms with E-state index >= 15 is 0 Å². The summed E-state index contributed by atoms with van der Waals surface area (Å²) < 4.78 is 2.14. The van der Waals surface area contributed by atoms with E-state index in [4.69, 9.17) is 0 Å². The van der Waals surface area contributed by atoms with Gasteiger partial charge >= 0.3 is 0 Å². The summed E-state index contributed by atoms with van der Waals surface area (Å²) in [5.74, 6) is 2.73.